The minimum atomic E-state index is -4.69. The number of hydrogen-bond acceptors (Lipinski definition) is 2. The van der Waals surface area contributed by atoms with Gasteiger partial charge in [-0.3, -0.25) is 0 Å². The number of aromatic nitrogens is 2. The lowest BCUT2D eigenvalue weighted by Gasteiger charge is -2.08. The zero-order chi connectivity index (χ0) is 12.5. The van der Waals surface area contributed by atoms with Crippen LogP contribution in [0.1, 0.15) is 5.56 Å². The fourth-order valence-electron chi connectivity index (χ4n) is 1.32. The molecule has 0 spiro atoms. The Kier molecular flexibility index (Phi) is 2.79. The summed E-state index contributed by atoms with van der Waals surface area (Å²) >= 11 is 0. The van der Waals surface area contributed by atoms with E-state index in [0.717, 1.165) is 12.1 Å². The summed E-state index contributed by atoms with van der Waals surface area (Å²) in [6.07, 6.45) is -1.04. The molecule has 0 saturated heterocycles. The molecule has 2 rings (SSSR count). The molecule has 1 aromatic carbocycles. The molecule has 0 aliphatic heterocycles. The Morgan fingerprint density at radius 1 is 1.18 bits per heavy atom. The Morgan fingerprint density at radius 2 is 1.94 bits per heavy atom. The van der Waals surface area contributed by atoms with E-state index in [4.69, 9.17) is 0 Å². The quantitative estimate of drug-likeness (QED) is 0.717. The van der Waals surface area contributed by atoms with Gasteiger partial charge < -0.3 is 0 Å². The smallest absolute Gasteiger partial charge is 0.236 e. The van der Waals surface area contributed by atoms with Gasteiger partial charge in [-0.1, -0.05) is 6.07 Å². The molecule has 0 amide bonds. The van der Waals surface area contributed by atoms with E-state index in [9.17, 15) is 17.6 Å². The molecule has 0 unspecified atom stereocenters. The molecule has 0 saturated carbocycles. The first kappa shape index (κ1) is 11.5. The maximum absolute atomic E-state index is 13.3. The van der Waals surface area contributed by atoms with Crippen LogP contribution in [-0.4, -0.2) is 9.97 Å². The van der Waals surface area contributed by atoms with Crippen molar-refractivity contribution in [3.05, 3.63) is 48.2 Å². The monoisotopic (exact) mass is 241 g/mol. The molecule has 0 bridgehead atoms. The third-order valence-corrected chi connectivity index (χ3v) is 2.10. The molecule has 0 aliphatic carbocycles. The van der Waals surface area contributed by atoms with Gasteiger partial charge in [0.1, 0.15) is 12.1 Å². The Balaban J connectivity index is 2.45. The minimum Gasteiger partial charge on any atom is -0.236 e. The second-order valence-corrected chi connectivity index (χ2v) is 3.22. The van der Waals surface area contributed by atoms with Crippen LogP contribution in [0.4, 0.5) is 17.6 Å². The first-order valence-corrected chi connectivity index (χ1v) is 4.53. The first-order valence-electron chi connectivity index (χ1n) is 4.53. The first-order chi connectivity index (χ1) is 7.98. The van der Waals surface area contributed by atoms with Crippen LogP contribution < -0.4 is 0 Å². The Labute approximate surface area is 94.0 Å². The molecule has 17 heavy (non-hydrogen) atoms. The van der Waals surface area contributed by atoms with Gasteiger partial charge in [0, 0.05) is 5.56 Å². The van der Waals surface area contributed by atoms with Gasteiger partial charge in [-0.2, -0.15) is 13.2 Å². The fourth-order valence-corrected chi connectivity index (χ4v) is 1.32. The third kappa shape index (κ3) is 2.41. The predicted octanol–water partition coefficient (Wildman–Crippen LogP) is 3.10. The zero-order valence-electron chi connectivity index (χ0n) is 8.29. The molecular weight excluding hydrogens is 236 g/mol. The van der Waals surface area contributed by atoms with Crippen molar-refractivity contribution >= 4 is 0 Å². The van der Waals surface area contributed by atoms with Crippen LogP contribution in [0, 0.1) is 12.0 Å². The van der Waals surface area contributed by atoms with E-state index in [-0.39, 0.29) is 5.56 Å². The number of benzene rings is 1. The van der Waals surface area contributed by atoms with Crippen molar-refractivity contribution in [1.29, 1.82) is 0 Å². The number of halogens is 4. The van der Waals surface area contributed by atoms with Gasteiger partial charge in [-0.25, -0.2) is 14.4 Å². The van der Waals surface area contributed by atoms with E-state index in [1.54, 1.807) is 0 Å². The largest absolute Gasteiger partial charge is 0.419 e. The Bertz CT molecular complexity index is 523. The SMILES string of the molecule is Fc1cc(-c2c[c]ncn2)ccc1C(F)(F)F. The van der Waals surface area contributed by atoms with Crippen LogP contribution >= 0.6 is 0 Å². The molecule has 1 heterocycles. The van der Waals surface area contributed by atoms with E-state index in [1.165, 1.54) is 12.4 Å². The highest BCUT2D eigenvalue weighted by Crippen LogP contribution is 2.32. The molecular formula is C11H5F4N2. The van der Waals surface area contributed by atoms with E-state index in [2.05, 4.69) is 16.2 Å². The number of rotatable bonds is 1. The van der Waals surface area contributed by atoms with Gasteiger partial charge in [0.05, 0.1) is 17.5 Å². The van der Waals surface area contributed by atoms with Crippen molar-refractivity contribution in [3.8, 4) is 11.3 Å². The van der Waals surface area contributed by atoms with Crippen LogP contribution in [0.25, 0.3) is 11.3 Å². The molecule has 1 radical (unpaired) electrons. The number of alkyl halides is 3. The van der Waals surface area contributed by atoms with Gasteiger partial charge >= 0.3 is 6.18 Å². The highest BCUT2D eigenvalue weighted by molar-refractivity contribution is 5.59. The van der Waals surface area contributed by atoms with Crippen LogP contribution in [-0.2, 0) is 6.18 Å². The summed E-state index contributed by atoms with van der Waals surface area (Å²) in [6, 6.07) is 4.00. The van der Waals surface area contributed by atoms with Crippen molar-refractivity contribution < 1.29 is 17.6 Å². The number of nitrogens with zero attached hydrogens (tertiary/aromatic N) is 2. The minimum absolute atomic E-state index is 0.245. The van der Waals surface area contributed by atoms with Gasteiger partial charge in [0.15, 0.2) is 0 Å². The van der Waals surface area contributed by atoms with Crippen LogP contribution in [0.3, 0.4) is 0 Å². The van der Waals surface area contributed by atoms with Crippen molar-refractivity contribution in [1.82, 2.24) is 9.97 Å². The van der Waals surface area contributed by atoms with Crippen LogP contribution in [0.2, 0.25) is 0 Å². The second kappa shape index (κ2) is 4.12. The summed E-state index contributed by atoms with van der Waals surface area (Å²) in [7, 11) is 0. The molecule has 87 valence electrons. The number of hydrogen-bond donors (Lipinski definition) is 0. The van der Waals surface area contributed by atoms with Crippen LogP contribution in [0.15, 0.2) is 30.6 Å². The summed E-state index contributed by atoms with van der Waals surface area (Å²) in [4.78, 5) is 7.33. The third-order valence-electron chi connectivity index (χ3n) is 2.10. The standard InChI is InChI=1S/C11H5F4N2/c12-9-5-7(10-3-4-16-6-17-10)1-2-8(9)11(13,14)15/h1-3,5-6H. The molecule has 2 nitrogen and oxygen atoms in total. The Morgan fingerprint density at radius 3 is 2.47 bits per heavy atom. The topological polar surface area (TPSA) is 25.8 Å². The van der Waals surface area contributed by atoms with E-state index < -0.39 is 17.6 Å². The van der Waals surface area contributed by atoms with E-state index >= 15 is 0 Å². The van der Waals surface area contributed by atoms with Crippen molar-refractivity contribution in [2.45, 2.75) is 6.18 Å². The van der Waals surface area contributed by atoms with Gasteiger partial charge in [0.25, 0.3) is 0 Å². The molecule has 0 N–H and O–H groups in total. The van der Waals surface area contributed by atoms with E-state index in [0.29, 0.717) is 11.8 Å². The maximum atomic E-state index is 13.3. The molecule has 0 aliphatic rings. The fraction of sp³-hybridized carbons (Fsp3) is 0.0909. The average molecular weight is 241 g/mol. The highest BCUT2D eigenvalue weighted by atomic mass is 19.4. The maximum Gasteiger partial charge on any atom is 0.419 e. The molecule has 2 aromatic rings. The van der Waals surface area contributed by atoms with Crippen LogP contribution in [0.5, 0.6) is 0 Å². The molecule has 1 aromatic heterocycles. The zero-order valence-corrected chi connectivity index (χ0v) is 8.29. The molecule has 0 atom stereocenters. The Hall–Kier alpha value is -1.98. The summed E-state index contributed by atoms with van der Waals surface area (Å²) in [5.74, 6) is -1.33. The summed E-state index contributed by atoms with van der Waals surface area (Å²) in [6.45, 7) is 0. The van der Waals surface area contributed by atoms with Crippen molar-refractivity contribution in [2.75, 3.05) is 0 Å². The second-order valence-electron chi connectivity index (χ2n) is 3.22. The summed E-state index contributed by atoms with van der Waals surface area (Å²) in [5, 5.41) is 0. The van der Waals surface area contributed by atoms with Crippen molar-refractivity contribution in [2.24, 2.45) is 0 Å². The predicted molar refractivity (Wildman–Crippen MR) is 51.3 cm³/mol. The normalized spacial score (nSPS) is 11.5. The molecule has 6 heteroatoms. The summed E-state index contributed by atoms with van der Waals surface area (Å²) < 4.78 is 50.2. The lowest BCUT2D eigenvalue weighted by molar-refractivity contribution is -0.139. The lowest BCUT2D eigenvalue weighted by atomic mass is 10.1. The van der Waals surface area contributed by atoms with Gasteiger partial charge in [-0.05, 0) is 18.2 Å². The average Bonchev–Trinajstić information content (AvgIpc) is 2.28. The van der Waals surface area contributed by atoms with Gasteiger partial charge in [-0.15, -0.1) is 0 Å². The van der Waals surface area contributed by atoms with Crippen molar-refractivity contribution in [3.63, 3.8) is 0 Å². The van der Waals surface area contributed by atoms with E-state index in [1.807, 2.05) is 0 Å². The lowest BCUT2D eigenvalue weighted by Crippen LogP contribution is -2.07. The molecule has 0 fully saturated rings. The highest BCUT2D eigenvalue weighted by Gasteiger charge is 2.33. The summed E-state index contributed by atoms with van der Waals surface area (Å²) in [5.41, 5.74) is -0.735. The van der Waals surface area contributed by atoms with Gasteiger partial charge in [0.2, 0.25) is 0 Å².